The van der Waals surface area contributed by atoms with E-state index in [-0.39, 0.29) is 29.5 Å². The summed E-state index contributed by atoms with van der Waals surface area (Å²) in [5, 5.41) is 2.91. The highest BCUT2D eigenvalue weighted by molar-refractivity contribution is 7.98. The van der Waals surface area contributed by atoms with Crippen LogP contribution in [0.5, 0.6) is 0 Å². The third-order valence-electron chi connectivity index (χ3n) is 4.24. The minimum Gasteiger partial charge on any atom is -0.338 e. The molecule has 134 valence electrons. The zero-order valence-electron chi connectivity index (χ0n) is 14.5. The molecule has 1 heterocycles. The average Bonchev–Trinajstić information content (AvgIpc) is 2.89. The maximum absolute atomic E-state index is 12.5. The first-order valence-corrected chi connectivity index (χ1v) is 11.2. The van der Waals surface area contributed by atoms with Crippen LogP contribution in [-0.4, -0.2) is 49.7 Å². The maximum Gasteiger partial charge on any atom is 0.317 e. The monoisotopic (exact) mass is 370 g/mol. The normalized spacial score (nSPS) is 19.4. The summed E-state index contributed by atoms with van der Waals surface area (Å²) in [6, 6.07) is 8.09. The van der Waals surface area contributed by atoms with Gasteiger partial charge in [0.2, 0.25) is 0 Å². The van der Waals surface area contributed by atoms with E-state index in [2.05, 4.69) is 17.4 Å². The summed E-state index contributed by atoms with van der Waals surface area (Å²) >= 11 is 1.68. The topological polar surface area (TPSA) is 66.5 Å². The minimum absolute atomic E-state index is 0.0350. The van der Waals surface area contributed by atoms with Gasteiger partial charge in [-0.25, -0.2) is 13.2 Å². The Labute approximate surface area is 149 Å². The SMILES string of the molecule is CSc1cccc(CN(C(=O)NCC2CCS(=O)(=O)C2)C(C)C)c1. The van der Waals surface area contributed by atoms with Gasteiger partial charge in [-0.3, -0.25) is 0 Å². The molecule has 1 aromatic carbocycles. The molecule has 1 unspecified atom stereocenters. The molecule has 0 spiro atoms. The quantitative estimate of drug-likeness (QED) is 0.782. The summed E-state index contributed by atoms with van der Waals surface area (Å²) in [7, 11) is -2.90. The lowest BCUT2D eigenvalue weighted by Crippen LogP contribution is -2.45. The summed E-state index contributed by atoms with van der Waals surface area (Å²) in [6.07, 6.45) is 2.67. The molecule has 2 amide bonds. The number of rotatable bonds is 6. The van der Waals surface area contributed by atoms with Gasteiger partial charge < -0.3 is 10.2 Å². The molecule has 1 fully saturated rings. The largest absolute Gasteiger partial charge is 0.338 e. The van der Waals surface area contributed by atoms with Crippen molar-refractivity contribution in [1.29, 1.82) is 0 Å². The van der Waals surface area contributed by atoms with Crippen LogP contribution in [0, 0.1) is 5.92 Å². The van der Waals surface area contributed by atoms with Gasteiger partial charge in [0.05, 0.1) is 11.5 Å². The van der Waals surface area contributed by atoms with Crippen LogP contribution in [0.3, 0.4) is 0 Å². The molecular weight excluding hydrogens is 344 g/mol. The van der Waals surface area contributed by atoms with E-state index in [4.69, 9.17) is 0 Å². The fourth-order valence-corrected chi connectivity index (χ4v) is 5.17. The van der Waals surface area contributed by atoms with Gasteiger partial charge in [0, 0.05) is 24.0 Å². The number of amides is 2. The average molecular weight is 371 g/mol. The molecule has 0 bridgehead atoms. The van der Waals surface area contributed by atoms with Crippen molar-refractivity contribution in [2.45, 2.75) is 37.8 Å². The standard InChI is InChI=1S/C17H26N2O3S2/c1-13(2)19(11-14-5-4-6-16(9-14)23-3)17(20)18-10-15-7-8-24(21,22)12-15/h4-6,9,13,15H,7-8,10-12H2,1-3H3,(H,18,20). The fourth-order valence-electron chi connectivity index (χ4n) is 2.82. The summed E-state index contributed by atoms with van der Waals surface area (Å²) in [6.45, 7) is 4.93. The van der Waals surface area contributed by atoms with E-state index in [1.54, 1.807) is 16.7 Å². The number of nitrogens with one attached hydrogen (secondary N) is 1. The Bertz CT molecular complexity index is 674. The molecule has 0 saturated carbocycles. The zero-order chi connectivity index (χ0) is 17.7. The van der Waals surface area contributed by atoms with Gasteiger partial charge in [-0.15, -0.1) is 11.8 Å². The number of benzene rings is 1. The Hall–Kier alpha value is -1.21. The highest BCUT2D eigenvalue weighted by Gasteiger charge is 2.28. The number of hydrogen-bond donors (Lipinski definition) is 1. The molecule has 1 aromatic rings. The van der Waals surface area contributed by atoms with Crippen LogP contribution in [0.15, 0.2) is 29.2 Å². The number of carbonyl (C=O) groups is 1. The predicted molar refractivity (Wildman–Crippen MR) is 99.1 cm³/mol. The van der Waals surface area contributed by atoms with Gasteiger partial charge in [-0.05, 0) is 50.1 Å². The van der Waals surface area contributed by atoms with Crippen molar-refractivity contribution < 1.29 is 13.2 Å². The Kier molecular flexibility index (Phi) is 6.57. The van der Waals surface area contributed by atoms with Gasteiger partial charge in [0.25, 0.3) is 0 Å². The maximum atomic E-state index is 12.5. The third kappa shape index (κ3) is 5.41. The summed E-state index contributed by atoms with van der Waals surface area (Å²) < 4.78 is 23.0. The molecule has 7 heteroatoms. The van der Waals surface area contributed by atoms with E-state index in [9.17, 15) is 13.2 Å². The van der Waals surface area contributed by atoms with Crippen LogP contribution in [0.4, 0.5) is 4.79 Å². The van der Waals surface area contributed by atoms with Crippen LogP contribution < -0.4 is 5.32 Å². The van der Waals surface area contributed by atoms with Crippen molar-refractivity contribution >= 4 is 27.6 Å². The van der Waals surface area contributed by atoms with E-state index in [0.29, 0.717) is 19.5 Å². The first-order valence-electron chi connectivity index (χ1n) is 8.18. The second kappa shape index (κ2) is 8.25. The first kappa shape index (κ1) is 19.1. The predicted octanol–water partition coefficient (Wildman–Crippen LogP) is 2.76. The Balaban J connectivity index is 1.95. The van der Waals surface area contributed by atoms with Crippen molar-refractivity contribution in [2.75, 3.05) is 24.3 Å². The Morgan fingerprint density at radius 1 is 1.42 bits per heavy atom. The molecule has 0 aromatic heterocycles. The first-order chi connectivity index (χ1) is 11.3. The zero-order valence-corrected chi connectivity index (χ0v) is 16.1. The number of sulfone groups is 1. The van der Waals surface area contributed by atoms with Crippen molar-refractivity contribution in [3.63, 3.8) is 0 Å². The van der Waals surface area contributed by atoms with E-state index >= 15 is 0 Å². The number of hydrogen-bond acceptors (Lipinski definition) is 4. The molecular formula is C17H26N2O3S2. The molecule has 1 aliphatic rings. The highest BCUT2D eigenvalue weighted by Crippen LogP contribution is 2.19. The summed E-state index contributed by atoms with van der Waals surface area (Å²) in [5.41, 5.74) is 1.09. The Morgan fingerprint density at radius 3 is 2.75 bits per heavy atom. The van der Waals surface area contributed by atoms with Crippen LogP contribution in [-0.2, 0) is 16.4 Å². The molecule has 1 aliphatic heterocycles. The summed E-state index contributed by atoms with van der Waals surface area (Å²) in [4.78, 5) is 15.5. The fraction of sp³-hybridized carbons (Fsp3) is 0.588. The van der Waals surface area contributed by atoms with Crippen LogP contribution in [0.1, 0.15) is 25.8 Å². The molecule has 2 rings (SSSR count). The van der Waals surface area contributed by atoms with Gasteiger partial charge in [0.1, 0.15) is 0 Å². The Morgan fingerprint density at radius 2 is 2.17 bits per heavy atom. The molecule has 0 aliphatic carbocycles. The highest BCUT2D eigenvalue weighted by atomic mass is 32.2. The lowest BCUT2D eigenvalue weighted by Gasteiger charge is -2.28. The van der Waals surface area contributed by atoms with Crippen molar-refractivity contribution in [1.82, 2.24) is 10.2 Å². The van der Waals surface area contributed by atoms with Gasteiger partial charge in [-0.2, -0.15) is 0 Å². The van der Waals surface area contributed by atoms with Crippen LogP contribution in [0.25, 0.3) is 0 Å². The van der Waals surface area contributed by atoms with Crippen molar-refractivity contribution in [2.24, 2.45) is 5.92 Å². The molecule has 5 nitrogen and oxygen atoms in total. The molecule has 0 radical (unpaired) electrons. The van der Waals surface area contributed by atoms with Gasteiger partial charge in [-0.1, -0.05) is 12.1 Å². The summed E-state index contributed by atoms with van der Waals surface area (Å²) in [5.74, 6) is 0.459. The molecule has 24 heavy (non-hydrogen) atoms. The second-order valence-corrected chi connectivity index (χ2v) is 9.64. The molecule has 1 saturated heterocycles. The van der Waals surface area contributed by atoms with Crippen molar-refractivity contribution in [3.8, 4) is 0 Å². The van der Waals surface area contributed by atoms with E-state index in [1.165, 1.54) is 4.90 Å². The number of urea groups is 1. The van der Waals surface area contributed by atoms with Crippen LogP contribution in [0.2, 0.25) is 0 Å². The number of thioether (sulfide) groups is 1. The number of nitrogens with zero attached hydrogens (tertiary/aromatic N) is 1. The smallest absolute Gasteiger partial charge is 0.317 e. The lowest BCUT2D eigenvalue weighted by molar-refractivity contribution is 0.178. The van der Waals surface area contributed by atoms with E-state index in [0.717, 1.165) is 5.56 Å². The van der Waals surface area contributed by atoms with Gasteiger partial charge in [0.15, 0.2) is 9.84 Å². The molecule has 1 atom stereocenters. The van der Waals surface area contributed by atoms with E-state index in [1.807, 2.05) is 32.2 Å². The second-order valence-electron chi connectivity index (χ2n) is 6.53. The molecule has 1 N–H and O–H groups in total. The number of carbonyl (C=O) groups excluding carboxylic acids is 1. The lowest BCUT2D eigenvalue weighted by atomic mass is 10.1. The van der Waals surface area contributed by atoms with E-state index < -0.39 is 9.84 Å². The minimum atomic E-state index is -2.90. The van der Waals surface area contributed by atoms with Crippen LogP contribution >= 0.6 is 11.8 Å². The van der Waals surface area contributed by atoms with Gasteiger partial charge >= 0.3 is 6.03 Å². The van der Waals surface area contributed by atoms with Crippen molar-refractivity contribution in [3.05, 3.63) is 29.8 Å². The third-order valence-corrected chi connectivity index (χ3v) is 6.80.